The first-order chi connectivity index (χ1) is 12.6. The van der Waals surface area contributed by atoms with Gasteiger partial charge >= 0.3 is 0 Å². The van der Waals surface area contributed by atoms with Crippen LogP contribution in [0.4, 0.5) is 11.4 Å². The summed E-state index contributed by atoms with van der Waals surface area (Å²) in [6, 6.07) is 18.3. The van der Waals surface area contributed by atoms with Gasteiger partial charge in [0.05, 0.1) is 0 Å². The summed E-state index contributed by atoms with van der Waals surface area (Å²) in [5.41, 5.74) is 0.896. The van der Waals surface area contributed by atoms with Gasteiger partial charge < -0.3 is 20.8 Å². The number of rotatable bonds is 4. The summed E-state index contributed by atoms with van der Waals surface area (Å²) in [7, 11) is 0. The van der Waals surface area contributed by atoms with Crippen molar-refractivity contribution in [1.29, 1.82) is 5.26 Å². The van der Waals surface area contributed by atoms with Crippen molar-refractivity contribution in [2.45, 2.75) is 0 Å². The fraction of sp³-hybridized carbons (Fsp3) is 0. The van der Waals surface area contributed by atoms with Gasteiger partial charge in [-0.05, 0) is 24.3 Å². The molecule has 0 spiro atoms. The molecule has 0 saturated carbocycles. The number of hydrogen-bond acceptors (Lipinski definition) is 5. The summed E-state index contributed by atoms with van der Waals surface area (Å²) in [6.07, 6.45) is 1.27. The first kappa shape index (κ1) is 16.9. The minimum Gasteiger partial charge on any atom is -0.508 e. The molecular formula is C20H15N3O3. The first-order valence-electron chi connectivity index (χ1n) is 7.76. The molecule has 6 heteroatoms. The predicted molar refractivity (Wildman–Crippen MR) is 99.7 cm³/mol. The Morgan fingerprint density at radius 1 is 1.00 bits per heavy atom. The lowest BCUT2D eigenvalue weighted by Gasteiger charge is -2.09. The number of carbonyl (C=O) groups excluding carboxylic acids is 1. The zero-order chi connectivity index (χ0) is 18.5. The highest BCUT2D eigenvalue weighted by Gasteiger charge is 2.12. The Balaban J connectivity index is 1.83. The molecule has 1 amide bonds. The van der Waals surface area contributed by atoms with Gasteiger partial charge in [0.2, 0.25) is 0 Å². The van der Waals surface area contributed by atoms with Gasteiger partial charge in [-0.1, -0.05) is 30.3 Å². The molecule has 0 fully saturated rings. The molecule has 128 valence electrons. The second-order valence-electron chi connectivity index (χ2n) is 5.50. The lowest BCUT2D eigenvalue weighted by atomic mass is 10.1. The average Bonchev–Trinajstić information content (AvgIpc) is 2.63. The number of nitrogens with zero attached hydrogens (tertiary/aromatic N) is 1. The van der Waals surface area contributed by atoms with E-state index in [9.17, 15) is 20.3 Å². The van der Waals surface area contributed by atoms with E-state index < -0.39 is 5.91 Å². The number of phenolic OH excluding ortho intramolecular Hbond substituents is 2. The van der Waals surface area contributed by atoms with Gasteiger partial charge in [0.25, 0.3) is 5.91 Å². The number of amides is 1. The van der Waals surface area contributed by atoms with Crippen molar-refractivity contribution in [3.05, 3.63) is 72.4 Å². The maximum absolute atomic E-state index is 12.4. The van der Waals surface area contributed by atoms with E-state index >= 15 is 0 Å². The molecule has 0 radical (unpaired) electrons. The second-order valence-corrected chi connectivity index (χ2v) is 5.50. The van der Waals surface area contributed by atoms with Gasteiger partial charge in [0.1, 0.15) is 23.1 Å². The Kier molecular flexibility index (Phi) is 4.72. The van der Waals surface area contributed by atoms with Gasteiger partial charge in [-0.3, -0.25) is 4.79 Å². The van der Waals surface area contributed by atoms with Gasteiger partial charge in [0, 0.05) is 34.4 Å². The molecule has 0 aliphatic rings. The van der Waals surface area contributed by atoms with Crippen LogP contribution in [0.1, 0.15) is 0 Å². The molecule has 0 heterocycles. The minimum atomic E-state index is -0.587. The summed E-state index contributed by atoms with van der Waals surface area (Å²) >= 11 is 0. The molecule has 6 nitrogen and oxygen atoms in total. The molecule has 26 heavy (non-hydrogen) atoms. The topological polar surface area (TPSA) is 105 Å². The number of anilines is 2. The fourth-order valence-electron chi connectivity index (χ4n) is 2.49. The van der Waals surface area contributed by atoms with Crippen LogP contribution in [0.25, 0.3) is 10.8 Å². The van der Waals surface area contributed by atoms with Crippen molar-refractivity contribution in [3.63, 3.8) is 0 Å². The highest BCUT2D eigenvalue weighted by Crippen LogP contribution is 2.30. The molecule has 3 aromatic carbocycles. The van der Waals surface area contributed by atoms with Gasteiger partial charge in [-0.2, -0.15) is 5.26 Å². The lowest BCUT2D eigenvalue weighted by Crippen LogP contribution is -2.14. The molecular weight excluding hydrogens is 330 g/mol. The Bertz CT molecular complexity index is 1050. The van der Waals surface area contributed by atoms with Crippen LogP contribution >= 0.6 is 0 Å². The molecule has 0 bridgehead atoms. The zero-order valence-electron chi connectivity index (χ0n) is 13.6. The van der Waals surface area contributed by atoms with Gasteiger partial charge in [0.15, 0.2) is 0 Å². The fourth-order valence-corrected chi connectivity index (χ4v) is 2.49. The van der Waals surface area contributed by atoms with Crippen molar-refractivity contribution in [2.75, 3.05) is 10.6 Å². The Labute approximate surface area is 149 Å². The third-order valence-corrected chi connectivity index (χ3v) is 3.74. The van der Waals surface area contributed by atoms with Crippen LogP contribution in [-0.4, -0.2) is 16.1 Å². The average molecular weight is 345 g/mol. The molecule has 0 aromatic heterocycles. The number of nitriles is 1. The van der Waals surface area contributed by atoms with Crippen LogP contribution in [0.15, 0.2) is 72.4 Å². The SMILES string of the molecule is N#C/C(=C/Nc1cccc(O)c1)C(=O)Nc1cccc2c(O)cccc12. The van der Waals surface area contributed by atoms with Crippen molar-refractivity contribution in [2.24, 2.45) is 0 Å². The molecule has 4 N–H and O–H groups in total. The van der Waals surface area contributed by atoms with E-state index in [2.05, 4.69) is 10.6 Å². The summed E-state index contributed by atoms with van der Waals surface area (Å²) < 4.78 is 0. The standard InChI is InChI=1S/C20H15N3O3/c21-11-13(12-22-14-4-1-5-15(24)10-14)20(26)23-18-8-2-7-17-16(18)6-3-9-19(17)25/h1-10,12,22,24-25H,(H,23,26)/b13-12-. The highest BCUT2D eigenvalue weighted by atomic mass is 16.3. The van der Waals surface area contributed by atoms with Gasteiger partial charge in [-0.15, -0.1) is 0 Å². The van der Waals surface area contributed by atoms with Crippen LogP contribution in [-0.2, 0) is 4.79 Å². The van der Waals surface area contributed by atoms with E-state index in [1.54, 1.807) is 48.5 Å². The second kappa shape index (κ2) is 7.28. The van der Waals surface area contributed by atoms with E-state index in [-0.39, 0.29) is 17.1 Å². The molecule has 0 atom stereocenters. The number of hydrogen-bond donors (Lipinski definition) is 4. The highest BCUT2D eigenvalue weighted by molar-refractivity contribution is 6.11. The Morgan fingerprint density at radius 3 is 2.50 bits per heavy atom. The van der Waals surface area contributed by atoms with Crippen LogP contribution in [0, 0.1) is 11.3 Å². The number of fused-ring (bicyclic) bond motifs is 1. The largest absolute Gasteiger partial charge is 0.508 e. The van der Waals surface area contributed by atoms with E-state index in [0.29, 0.717) is 22.1 Å². The molecule has 0 saturated heterocycles. The van der Waals surface area contributed by atoms with E-state index in [1.165, 1.54) is 18.3 Å². The molecule has 3 aromatic rings. The summed E-state index contributed by atoms with van der Waals surface area (Å²) in [5.74, 6) is -0.405. The van der Waals surface area contributed by atoms with Crippen LogP contribution in [0.3, 0.4) is 0 Å². The number of benzene rings is 3. The number of phenols is 2. The Morgan fingerprint density at radius 2 is 1.73 bits per heavy atom. The summed E-state index contributed by atoms with van der Waals surface area (Å²) in [4.78, 5) is 12.4. The Hall–Kier alpha value is -3.98. The van der Waals surface area contributed by atoms with E-state index in [0.717, 1.165) is 0 Å². The van der Waals surface area contributed by atoms with Crippen molar-refractivity contribution >= 4 is 28.1 Å². The third kappa shape index (κ3) is 3.57. The van der Waals surface area contributed by atoms with Crippen LogP contribution in [0.5, 0.6) is 11.5 Å². The van der Waals surface area contributed by atoms with Crippen molar-refractivity contribution in [3.8, 4) is 17.6 Å². The maximum Gasteiger partial charge on any atom is 0.267 e. The summed E-state index contributed by atoms with van der Waals surface area (Å²) in [5, 5.41) is 35.4. The van der Waals surface area contributed by atoms with E-state index in [1.807, 2.05) is 6.07 Å². The van der Waals surface area contributed by atoms with Gasteiger partial charge in [-0.25, -0.2) is 0 Å². The molecule has 0 aliphatic carbocycles. The number of carbonyl (C=O) groups is 1. The van der Waals surface area contributed by atoms with Crippen molar-refractivity contribution in [1.82, 2.24) is 0 Å². The summed E-state index contributed by atoms with van der Waals surface area (Å²) in [6.45, 7) is 0. The minimum absolute atomic E-state index is 0.0712. The quantitative estimate of drug-likeness (QED) is 0.426. The van der Waals surface area contributed by atoms with Crippen molar-refractivity contribution < 1.29 is 15.0 Å². The molecule has 0 aliphatic heterocycles. The van der Waals surface area contributed by atoms with Crippen LogP contribution in [0.2, 0.25) is 0 Å². The monoisotopic (exact) mass is 345 g/mol. The number of aromatic hydroxyl groups is 2. The third-order valence-electron chi connectivity index (χ3n) is 3.74. The number of nitrogens with one attached hydrogen (secondary N) is 2. The predicted octanol–water partition coefficient (Wildman–Crippen LogP) is 3.71. The first-order valence-corrected chi connectivity index (χ1v) is 7.76. The smallest absolute Gasteiger partial charge is 0.267 e. The molecule has 3 rings (SSSR count). The maximum atomic E-state index is 12.4. The lowest BCUT2D eigenvalue weighted by molar-refractivity contribution is -0.112. The van der Waals surface area contributed by atoms with E-state index in [4.69, 9.17) is 0 Å². The molecule has 0 unspecified atom stereocenters. The normalized spacial score (nSPS) is 11.0. The zero-order valence-corrected chi connectivity index (χ0v) is 13.6. The van der Waals surface area contributed by atoms with Crippen LogP contribution < -0.4 is 10.6 Å².